The zero-order valence-corrected chi connectivity index (χ0v) is 25.7. The largest absolute Gasteiger partial charge is 0.372 e. The van der Waals surface area contributed by atoms with Gasteiger partial charge in [0.05, 0.1) is 11.7 Å². The van der Waals surface area contributed by atoms with E-state index in [-0.39, 0.29) is 12.1 Å². The zero-order valence-electron chi connectivity index (χ0n) is 25.7. The highest BCUT2D eigenvalue weighted by atomic mass is 15.6. The Labute approximate surface area is 253 Å². The van der Waals surface area contributed by atoms with E-state index in [1.165, 1.54) is 39.3 Å². The smallest absolute Gasteiger partial charge is 0.0723 e. The van der Waals surface area contributed by atoms with Gasteiger partial charge in [-0.3, -0.25) is 0 Å². The lowest BCUT2D eigenvalue weighted by molar-refractivity contribution is 0.675. The first-order chi connectivity index (χ1) is 20.6. The number of para-hydroxylation sites is 1. The molecule has 0 radical (unpaired) electrons. The molecule has 218 valence electrons. The van der Waals surface area contributed by atoms with Gasteiger partial charge >= 0.3 is 0 Å². The molecule has 42 heavy (non-hydrogen) atoms. The Morgan fingerprint density at radius 1 is 0.690 bits per heavy atom. The minimum absolute atomic E-state index is 0.207. The van der Waals surface area contributed by atoms with Gasteiger partial charge in [0.1, 0.15) is 0 Å². The standard InChI is InChI=1S/C38H46N4/c1-5-40(6-2)35-23-19-31(20-24-35)33(27-30-15-11-9-12-16-30)28-34-29-38(42(39-34)37-17-13-10-14-18-37)32-21-25-36(26-22-32)41(7-3)8-4/h9-26,28,34,38-39H,5-8,27,29H2,1-4H3. The van der Waals surface area contributed by atoms with Gasteiger partial charge in [-0.05, 0) is 99.2 Å². The predicted octanol–water partition coefficient (Wildman–Crippen LogP) is 8.53. The molecule has 2 atom stereocenters. The van der Waals surface area contributed by atoms with Crippen LogP contribution in [0.5, 0.6) is 0 Å². The second-order valence-corrected chi connectivity index (χ2v) is 11.0. The van der Waals surface area contributed by atoms with E-state index in [1.54, 1.807) is 0 Å². The van der Waals surface area contributed by atoms with Crippen LogP contribution in [0.25, 0.3) is 5.57 Å². The maximum Gasteiger partial charge on any atom is 0.0723 e. The van der Waals surface area contributed by atoms with Crippen molar-refractivity contribution >= 4 is 22.6 Å². The molecule has 0 spiro atoms. The summed E-state index contributed by atoms with van der Waals surface area (Å²) in [5.74, 6) is 0. The number of allylic oxidation sites excluding steroid dienone is 1. The molecule has 1 aliphatic rings. The number of nitrogens with one attached hydrogen (secondary N) is 1. The highest BCUT2D eigenvalue weighted by Gasteiger charge is 2.32. The maximum absolute atomic E-state index is 3.89. The fraction of sp³-hybridized carbons (Fsp3) is 0.316. The van der Waals surface area contributed by atoms with Crippen LogP contribution in [-0.2, 0) is 6.42 Å². The molecule has 5 rings (SSSR count). The molecule has 4 aromatic carbocycles. The molecule has 4 nitrogen and oxygen atoms in total. The average Bonchev–Trinajstić information content (AvgIpc) is 3.47. The quantitative estimate of drug-likeness (QED) is 0.188. The van der Waals surface area contributed by atoms with Gasteiger partial charge < -0.3 is 14.8 Å². The van der Waals surface area contributed by atoms with Crippen LogP contribution in [0.15, 0.2) is 115 Å². The van der Waals surface area contributed by atoms with Crippen molar-refractivity contribution in [3.63, 3.8) is 0 Å². The molecule has 2 unspecified atom stereocenters. The lowest BCUT2D eigenvalue weighted by Crippen LogP contribution is -2.36. The van der Waals surface area contributed by atoms with E-state index in [1.807, 2.05) is 0 Å². The van der Waals surface area contributed by atoms with E-state index in [4.69, 9.17) is 0 Å². The molecular weight excluding hydrogens is 512 g/mol. The molecule has 1 saturated heterocycles. The van der Waals surface area contributed by atoms with Crippen LogP contribution in [0.1, 0.15) is 56.8 Å². The summed E-state index contributed by atoms with van der Waals surface area (Å²) in [6.45, 7) is 12.9. The minimum Gasteiger partial charge on any atom is -0.372 e. The Kier molecular flexibility index (Phi) is 9.99. The van der Waals surface area contributed by atoms with Crippen molar-refractivity contribution in [2.75, 3.05) is 41.0 Å². The van der Waals surface area contributed by atoms with E-state index < -0.39 is 0 Å². The van der Waals surface area contributed by atoms with Crippen LogP contribution in [0, 0.1) is 0 Å². The van der Waals surface area contributed by atoms with Crippen molar-refractivity contribution in [1.82, 2.24) is 5.43 Å². The van der Waals surface area contributed by atoms with E-state index in [2.05, 4.69) is 163 Å². The number of rotatable bonds is 12. The molecule has 1 heterocycles. The zero-order chi connectivity index (χ0) is 29.3. The highest BCUT2D eigenvalue weighted by Crippen LogP contribution is 2.36. The maximum atomic E-state index is 3.89. The summed E-state index contributed by atoms with van der Waals surface area (Å²) >= 11 is 0. The number of hydrogen-bond donors (Lipinski definition) is 1. The van der Waals surface area contributed by atoms with Crippen molar-refractivity contribution in [1.29, 1.82) is 0 Å². The summed E-state index contributed by atoms with van der Waals surface area (Å²) < 4.78 is 0. The fourth-order valence-corrected chi connectivity index (χ4v) is 6.19. The molecule has 0 amide bonds. The molecule has 1 aliphatic heterocycles. The third-order valence-electron chi connectivity index (χ3n) is 8.54. The van der Waals surface area contributed by atoms with Crippen molar-refractivity contribution in [2.24, 2.45) is 0 Å². The molecular formula is C38H46N4. The highest BCUT2D eigenvalue weighted by molar-refractivity contribution is 5.70. The van der Waals surface area contributed by atoms with Crippen molar-refractivity contribution in [3.8, 4) is 0 Å². The van der Waals surface area contributed by atoms with Gasteiger partial charge in [-0.15, -0.1) is 0 Å². The van der Waals surface area contributed by atoms with Crippen LogP contribution in [0.2, 0.25) is 0 Å². The fourth-order valence-electron chi connectivity index (χ4n) is 6.19. The number of anilines is 3. The third-order valence-corrected chi connectivity index (χ3v) is 8.54. The van der Waals surface area contributed by atoms with Gasteiger partial charge in [-0.1, -0.05) is 78.9 Å². The van der Waals surface area contributed by atoms with E-state index in [0.717, 1.165) is 39.0 Å². The Morgan fingerprint density at radius 2 is 1.21 bits per heavy atom. The monoisotopic (exact) mass is 558 g/mol. The normalized spacial score (nSPS) is 17.0. The summed E-state index contributed by atoms with van der Waals surface area (Å²) in [6, 6.07) is 40.4. The van der Waals surface area contributed by atoms with Gasteiger partial charge in [0.2, 0.25) is 0 Å². The number of hydrogen-bond acceptors (Lipinski definition) is 4. The van der Waals surface area contributed by atoms with Gasteiger partial charge in [0.15, 0.2) is 0 Å². The molecule has 0 aromatic heterocycles. The topological polar surface area (TPSA) is 21.8 Å². The lowest BCUT2D eigenvalue weighted by Gasteiger charge is -2.27. The summed E-state index contributed by atoms with van der Waals surface area (Å²) in [7, 11) is 0. The average molecular weight is 559 g/mol. The van der Waals surface area contributed by atoms with Crippen LogP contribution in [-0.4, -0.2) is 32.2 Å². The van der Waals surface area contributed by atoms with Crippen LogP contribution in [0.3, 0.4) is 0 Å². The lowest BCUT2D eigenvalue weighted by atomic mass is 9.94. The Balaban J connectivity index is 1.47. The third kappa shape index (κ3) is 6.88. The number of nitrogens with zero attached hydrogens (tertiary/aromatic N) is 3. The Morgan fingerprint density at radius 3 is 1.76 bits per heavy atom. The van der Waals surface area contributed by atoms with Gasteiger partial charge in [-0.2, -0.15) is 0 Å². The van der Waals surface area contributed by atoms with Crippen LogP contribution in [0.4, 0.5) is 17.1 Å². The molecule has 0 bridgehead atoms. The van der Waals surface area contributed by atoms with Crippen LogP contribution < -0.4 is 20.2 Å². The van der Waals surface area contributed by atoms with Gasteiger partial charge in [0.25, 0.3) is 0 Å². The second-order valence-electron chi connectivity index (χ2n) is 11.0. The summed E-state index contributed by atoms with van der Waals surface area (Å²) in [6.07, 6.45) is 4.37. The first-order valence-electron chi connectivity index (χ1n) is 15.7. The second kappa shape index (κ2) is 14.2. The first kappa shape index (κ1) is 29.5. The molecule has 1 fully saturated rings. The first-order valence-corrected chi connectivity index (χ1v) is 15.7. The number of hydrazine groups is 1. The Hall–Kier alpha value is -4.02. The molecule has 4 aromatic rings. The van der Waals surface area contributed by atoms with Crippen LogP contribution >= 0.6 is 0 Å². The Bertz CT molecular complexity index is 1390. The molecule has 0 saturated carbocycles. The van der Waals surface area contributed by atoms with Crippen molar-refractivity contribution < 1.29 is 0 Å². The van der Waals surface area contributed by atoms with E-state index in [9.17, 15) is 0 Å². The van der Waals surface area contributed by atoms with E-state index in [0.29, 0.717) is 0 Å². The molecule has 4 heteroatoms. The number of benzene rings is 4. The van der Waals surface area contributed by atoms with Gasteiger partial charge in [-0.25, -0.2) is 5.43 Å². The van der Waals surface area contributed by atoms with Gasteiger partial charge in [0, 0.05) is 43.6 Å². The van der Waals surface area contributed by atoms with Crippen molar-refractivity contribution in [3.05, 3.63) is 132 Å². The van der Waals surface area contributed by atoms with Crippen molar-refractivity contribution in [2.45, 2.75) is 52.6 Å². The summed E-state index contributed by atoms with van der Waals surface area (Å²) in [5.41, 5.74) is 13.0. The molecule has 0 aliphatic carbocycles. The van der Waals surface area contributed by atoms with E-state index >= 15 is 0 Å². The molecule has 1 N–H and O–H groups in total. The summed E-state index contributed by atoms with van der Waals surface area (Å²) in [5, 5.41) is 2.37. The predicted molar refractivity (Wildman–Crippen MR) is 181 cm³/mol. The minimum atomic E-state index is 0.207. The summed E-state index contributed by atoms with van der Waals surface area (Å²) in [4.78, 5) is 4.80. The SMILES string of the molecule is CCN(CC)c1ccc(C(=CC2CC(c3ccc(N(CC)CC)cc3)N(c3ccccc3)N2)Cc2ccccc2)cc1.